The van der Waals surface area contributed by atoms with Gasteiger partial charge in [-0.1, -0.05) is 15.9 Å². The molecule has 0 radical (unpaired) electrons. The molecule has 1 aromatic carbocycles. The predicted octanol–water partition coefficient (Wildman–Crippen LogP) is 2.82. The third kappa shape index (κ3) is 6.91. The van der Waals surface area contributed by atoms with Gasteiger partial charge in [0.15, 0.2) is 0 Å². The number of carbonyl (C=O) groups is 1. The summed E-state index contributed by atoms with van der Waals surface area (Å²) in [5.74, 6) is 0. The van der Waals surface area contributed by atoms with Crippen LogP contribution in [-0.2, 0) is 9.53 Å². The highest BCUT2D eigenvalue weighted by Crippen LogP contribution is 2.18. The van der Waals surface area contributed by atoms with E-state index < -0.39 is 0 Å². The molecule has 1 fully saturated rings. The molecule has 1 N–H and O–H groups in total. The lowest BCUT2D eigenvalue weighted by Crippen LogP contribution is -2.43. The maximum Gasteiger partial charge on any atom is 0.293 e. The second-order valence-electron chi connectivity index (χ2n) is 5.54. The average molecular weight is 343 g/mol. The van der Waals surface area contributed by atoms with E-state index in [9.17, 15) is 4.79 Å². The highest BCUT2D eigenvalue weighted by atomic mass is 79.9. The highest BCUT2D eigenvalue weighted by molar-refractivity contribution is 9.10. The van der Waals surface area contributed by atoms with E-state index in [1.807, 2.05) is 20.8 Å². The van der Waals surface area contributed by atoms with Gasteiger partial charge in [0, 0.05) is 36.3 Å². The minimum absolute atomic E-state index is 0.318. The van der Waals surface area contributed by atoms with Gasteiger partial charge < -0.3 is 15.0 Å². The first kappa shape index (κ1) is 17.0. The maximum absolute atomic E-state index is 9.60. The maximum atomic E-state index is 9.60. The van der Waals surface area contributed by atoms with Crippen molar-refractivity contribution in [2.45, 2.75) is 26.4 Å². The van der Waals surface area contributed by atoms with Gasteiger partial charge in [-0.15, -0.1) is 0 Å². The van der Waals surface area contributed by atoms with Gasteiger partial charge in [0.25, 0.3) is 6.47 Å². The van der Waals surface area contributed by atoms with Gasteiger partial charge in [0.05, 0.1) is 0 Å². The van der Waals surface area contributed by atoms with E-state index >= 15 is 0 Å². The molecule has 0 aliphatic carbocycles. The van der Waals surface area contributed by atoms with E-state index in [-0.39, 0.29) is 5.60 Å². The summed E-state index contributed by atoms with van der Waals surface area (Å²) < 4.78 is 5.69. The molecule has 0 bridgehead atoms. The molecule has 20 heavy (non-hydrogen) atoms. The summed E-state index contributed by atoms with van der Waals surface area (Å²) >= 11 is 3.44. The lowest BCUT2D eigenvalue weighted by atomic mass is 10.2. The molecule has 0 atom stereocenters. The normalized spacial score (nSPS) is 15.1. The smallest absolute Gasteiger partial charge is 0.293 e. The van der Waals surface area contributed by atoms with Crippen molar-refractivity contribution >= 4 is 28.1 Å². The van der Waals surface area contributed by atoms with Crippen LogP contribution < -0.4 is 10.2 Å². The number of nitrogens with one attached hydrogen (secondary N) is 1. The number of halogens is 1. The number of piperazine rings is 1. The monoisotopic (exact) mass is 342 g/mol. The Bertz CT molecular complexity index is 395. The van der Waals surface area contributed by atoms with Crippen LogP contribution in [0, 0.1) is 0 Å². The molecular weight excluding hydrogens is 320 g/mol. The number of hydrogen-bond acceptors (Lipinski definition) is 4. The van der Waals surface area contributed by atoms with Gasteiger partial charge in [-0.25, -0.2) is 0 Å². The second kappa shape index (κ2) is 8.27. The van der Waals surface area contributed by atoms with Crippen molar-refractivity contribution in [1.29, 1.82) is 0 Å². The molecule has 112 valence electrons. The Balaban J connectivity index is 0.000000246. The zero-order chi connectivity index (χ0) is 15.0. The van der Waals surface area contributed by atoms with Crippen molar-refractivity contribution in [3.05, 3.63) is 28.7 Å². The van der Waals surface area contributed by atoms with Crippen LogP contribution in [0.5, 0.6) is 0 Å². The molecule has 0 saturated carbocycles. The largest absolute Gasteiger partial charge is 0.462 e. The molecule has 0 unspecified atom stereocenters. The number of carbonyl (C=O) groups excluding carboxylic acids is 1. The summed E-state index contributed by atoms with van der Waals surface area (Å²) in [5.41, 5.74) is 1.01. The van der Waals surface area contributed by atoms with E-state index in [1.165, 1.54) is 5.69 Å². The van der Waals surface area contributed by atoms with Crippen molar-refractivity contribution < 1.29 is 9.53 Å². The van der Waals surface area contributed by atoms with Crippen molar-refractivity contribution in [3.8, 4) is 0 Å². The molecule has 1 aliphatic heterocycles. The van der Waals surface area contributed by atoms with E-state index in [4.69, 9.17) is 0 Å². The summed E-state index contributed by atoms with van der Waals surface area (Å²) in [4.78, 5) is 12.0. The lowest BCUT2D eigenvalue weighted by molar-refractivity contribution is -0.138. The van der Waals surface area contributed by atoms with Crippen LogP contribution in [-0.4, -0.2) is 38.3 Å². The van der Waals surface area contributed by atoms with Crippen LogP contribution in [0.2, 0.25) is 0 Å². The van der Waals surface area contributed by atoms with Crippen LogP contribution in [0.25, 0.3) is 0 Å². The number of nitrogens with zero attached hydrogens (tertiary/aromatic N) is 1. The summed E-state index contributed by atoms with van der Waals surface area (Å²) in [7, 11) is 0. The molecule has 5 heteroatoms. The van der Waals surface area contributed by atoms with Gasteiger partial charge in [0.1, 0.15) is 5.60 Å². The Morgan fingerprint density at radius 3 is 2.15 bits per heavy atom. The van der Waals surface area contributed by atoms with Gasteiger partial charge in [-0.05, 0) is 45.0 Å². The number of anilines is 1. The van der Waals surface area contributed by atoms with Crippen LogP contribution in [0.15, 0.2) is 28.7 Å². The van der Waals surface area contributed by atoms with Crippen LogP contribution >= 0.6 is 15.9 Å². The quantitative estimate of drug-likeness (QED) is 0.839. The third-order valence-electron chi connectivity index (χ3n) is 2.71. The first-order valence-corrected chi connectivity index (χ1v) is 7.54. The standard InChI is InChI=1S/C10H13BrN2.C5H10O2/c11-9-1-3-10(4-2-9)13-7-5-12-6-8-13;1-5(2,3)7-4-6/h1-4,12H,5-8H2;4H,1-3H3. The summed E-state index contributed by atoms with van der Waals surface area (Å²) in [5, 5.41) is 3.34. The molecule has 0 amide bonds. The van der Waals surface area contributed by atoms with Crippen molar-refractivity contribution in [1.82, 2.24) is 5.32 Å². The van der Waals surface area contributed by atoms with Gasteiger partial charge >= 0.3 is 0 Å². The Hall–Kier alpha value is -1.07. The van der Waals surface area contributed by atoms with Gasteiger partial charge in [0.2, 0.25) is 0 Å². The first-order valence-electron chi connectivity index (χ1n) is 6.75. The molecule has 0 spiro atoms. The van der Waals surface area contributed by atoms with Gasteiger partial charge in [-0.3, -0.25) is 4.79 Å². The number of benzene rings is 1. The summed E-state index contributed by atoms with van der Waals surface area (Å²) in [6.45, 7) is 10.3. The van der Waals surface area contributed by atoms with E-state index in [0.29, 0.717) is 6.47 Å². The topological polar surface area (TPSA) is 41.6 Å². The highest BCUT2D eigenvalue weighted by Gasteiger charge is 2.09. The number of ether oxygens (including phenoxy) is 1. The molecule has 1 aromatic rings. The summed E-state index contributed by atoms with van der Waals surface area (Å²) in [6, 6.07) is 8.51. The molecule has 1 aliphatic rings. The van der Waals surface area contributed by atoms with E-state index in [0.717, 1.165) is 30.7 Å². The Kier molecular flexibility index (Phi) is 7.02. The fourth-order valence-electron chi connectivity index (χ4n) is 1.72. The fraction of sp³-hybridized carbons (Fsp3) is 0.533. The van der Waals surface area contributed by atoms with E-state index in [2.05, 4.69) is 55.1 Å². The Labute approximate surface area is 129 Å². The van der Waals surface area contributed by atoms with Crippen molar-refractivity contribution in [2.75, 3.05) is 31.1 Å². The Morgan fingerprint density at radius 2 is 1.75 bits per heavy atom. The zero-order valence-electron chi connectivity index (χ0n) is 12.4. The Morgan fingerprint density at radius 1 is 1.20 bits per heavy atom. The molecule has 4 nitrogen and oxygen atoms in total. The predicted molar refractivity (Wildman–Crippen MR) is 86.1 cm³/mol. The fourth-order valence-corrected chi connectivity index (χ4v) is 1.98. The average Bonchev–Trinajstić information content (AvgIpc) is 2.40. The minimum Gasteiger partial charge on any atom is -0.462 e. The third-order valence-corrected chi connectivity index (χ3v) is 3.24. The molecular formula is C15H23BrN2O2. The second-order valence-corrected chi connectivity index (χ2v) is 6.46. The molecule has 0 aromatic heterocycles. The van der Waals surface area contributed by atoms with Crippen molar-refractivity contribution in [2.24, 2.45) is 0 Å². The summed E-state index contributed by atoms with van der Waals surface area (Å²) in [6.07, 6.45) is 0. The van der Waals surface area contributed by atoms with E-state index in [1.54, 1.807) is 0 Å². The minimum atomic E-state index is -0.318. The molecule has 2 rings (SSSR count). The van der Waals surface area contributed by atoms with Gasteiger partial charge in [-0.2, -0.15) is 0 Å². The van der Waals surface area contributed by atoms with Crippen LogP contribution in [0.3, 0.4) is 0 Å². The zero-order valence-corrected chi connectivity index (χ0v) is 13.9. The van der Waals surface area contributed by atoms with Crippen molar-refractivity contribution in [3.63, 3.8) is 0 Å². The van der Waals surface area contributed by atoms with Crippen LogP contribution in [0.1, 0.15) is 20.8 Å². The number of rotatable bonds is 2. The molecule has 1 heterocycles. The molecule has 1 saturated heterocycles. The lowest BCUT2D eigenvalue weighted by Gasteiger charge is -2.29. The SMILES string of the molecule is Brc1ccc(N2CCNCC2)cc1.CC(C)(C)OC=O. The number of hydrogen-bond donors (Lipinski definition) is 1. The van der Waals surface area contributed by atoms with Crippen LogP contribution in [0.4, 0.5) is 5.69 Å². The first-order chi connectivity index (χ1) is 9.42.